The molecule has 0 radical (unpaired) electrons. The quantitative estimate of drug-likeness (QED) is 0.755. The Bertz CT molecular complexity index is 600. The number of nitrogens with zero attached hydrogens (tertiary/aromatic N) is 1. The predicted octanol–water partition coefficient (Wildman–Crippen LogP) is 1.89. The van der Waals surface area contributed by atoms with Crippen LogP contribution in [0.3, 0.4) is 0 Å². The van der Waals surface area contributed by atoms with E-state index in [1.165, 1.54) is 24.3 Å². The van der Waals surface area contributed by atoms with E-state index >= 15 is 0 Å². The molecule has 0 fully saturated rings. The van der Waals surface area contributed by atoms with Gasteiger partial charge in [-0.25, -0.2) is 13.6 Å². The maximum atomic E-state index is 12.2. The van der Waals surface area contributed by atoms with Crippen LogP contribution < -0.4 is 10.5 Å². The van der Waals surface area contributed by atoms with Gasteiger partial charge in [-0.15, -0.1) is 0 Å². The summed E-state index contributed by atoms with van der Waals surface area (Å²) >= 11 is 0. The number of carbonyl (C=O) groups excluding carboxylic acids is 1. The molecule has 1 aromatic carbocycles. The van der Waals surface area contributed by atoms with Gasteiger partial charge in [-0.2, -0.15) is 0 Å². The molecule has 0 aliphatic heterocycles. The lowest BCUT2D eigenvalue weighted by molar-refractivity contribution is -0.117. The topological polar surface area (TPSA) is 92.5 Å². The number of primary sulfonamides is 1. The summed E-state index contributed by atoms with van der Waals surface area (Å²) in [5.41, 5.74) is 0.552. The third-order valence-corrected chi connectivity index (χ3v) is 4.01. The van der Waals surface area contributed by atoms with E-state index in [0.29, 0.717) is 24.1 Å². The van der Waals surface area contributed by atoms with Crippen molar-refractivity contribution in [2.75, 3.05) is 25.0 Å². The molecule has 0 saturated heterocycles. The minimum atomic E-state index is -3.71. The van der Waals surface area contributed by atoms with Crippen molar-refractivity contribution in [1.29, 1.82) is 0 Å². The van der Waals surface area contributed by atoms with Crippen LogP contribution in [-0.4, -0.2) is 38.9 Å². The molecule has 0 aromatic heterocycles. The Morgan fingerprint density at radius 2 is 1.57 bits per heavy atom. The number of benzene rings is 1. The van der Waals surface area contributed by atoms with Crippen LogP contribution in [0, 0.1) is 11.8 Å². The van der Waals surface area contributed by atoms with Gasteiger partial charge in [0.05, 0.1) is 11.4 Å². The van der Waals surface area contributed by atoms with Gasteiger partial charge in [0.25, 0.3) is 0 Å². The zero-order chi connectivity index (χ0) is 17.6. The molecule has 1 rings (SSSR count). The van der Waals surface area contributed by atoms with Crippen LogP contribution in [0.25, 0.3) is 0 Å². The standard InChI is InChI=1S/C16H27N3O3S/c1-12(2)9-19(10-13(3)4)11-16(20)18-14-5-7-15(8-6-14)23(17,21)22/h5-8,12-13H,9-11H2,1-4H3,(H,18,20)(H2,17,21,22). The minimum Gasteiger partial charge on any atom is -0.325 e. The summed E-state index contributed by atoms with van der Waals surface area (Å²) < 4.78 is 22.4. The first-order chi connectivity index (χ1) is 10.6. The molecular formula is C16H27N3O3S. The molecular weight excluding hydrogens is 314 g/mol. The highest BCUT2D eigenvalue weighted by Gasteiger charge is 2.14. The van der Waals surface area contributed by atoms with Crippen molar-refractivity contribution in [2.45, 2.75) is 32.6 Å². The number of anilines is 1. The zero-order valence-corrected chi connectivity index (χ0v) is 15.1. The highest BCUT2D eigenvalue weighted by atomic mass is 32.2. The van der Waals surface area contributed by atoms with E-state index in [1.807, 2.05) is 0 Å². The predicted molar refractivity (Wildman–Crippen MR) is 92.6 cm³/mol. The average molecular weight is 341 g/mol. The van der Waals surface area contributed by atoms with Gasteiger partial charge in [-0.3, -0.25) is 9.69 Å². The summed E-state index contributed by atoms with van der Waals surface area (Å²) in [5, 5.41) is 7.83. The van der Waals surface area contributed by atoms with Crippen LogP contribution in [0.1, 0.15) is 27.7 Å². The summed E-state index contributed by atoms with van der Waals surface area (Å²) in [6.45, 7) is 10.5. The molecule has 0 aliphatic carbocycles. The number of carbonyl (C=O) groups is 1. The van der Waals surface area contributed by atoms with Crippen molar-refractivity contribution in [3.05, 3.63) is 24.3 Å². The van der Waals surface area contributed by atoms with Crippen LogP contribution in [0.2, 0.25) is 0 Å². The number of sulfonamides is 1. The second kappa shape index (κ2) is 8.42. The van der Waals surface area contributed by atoms with Crippen molar-refractivity contribution in [3.8, 4) is 0 Å². The van der Waals surface area contributed by atoms with Gasteiger partial charge in [0, 0.05) is 18.8 Å². The van der Waals surface area contributed by atoms with E-state index in [4.69, 9.17) is 5.14 Å². The van der Waals surface area contributed by atoms with Gasteiger partial charge in [0.15, 0.2) is 0 Å². The maximum absolute atomic E-state index is 12.2. The third-order valence-electron chi connectivity index (χ3n) is 3.08. The Balaban J connectivity index is 2.66. The molecule has 23 heavy (non-hydrogen) atoms. The average Bonchev–Trinajstić information content (AvgIpc) is 2.36. The smallest absolute Gasteiger partial charge is 0.238 e. The number of nitrogens with one attached hydrogen (secondary N) is 1. The highest BCUT2D eigenvalue weighted by Crippen LogP contribution is 2.13. The number of hydrogen-bond donors (Lipinski definition) is 2. The third kappa shape index (κ3) is 7.58. The van der Waals surface area contributed by atoms with E-state index in [-0.39, 0.29) is 10.8 Å². The molecule has 0 atom stereocenters. The maximum Gasteiger partial charge on any atom is 0.238 e. The molecule has 6 nitrogen and oxygen atoms in total. The molecule has 1 amide bonds. The van der Waals surface area contributed by atoms with Gasteiger partial charge in [0.1, 0.15) is 0 Å². The van der Waals surface area contributed by atoms with E-state index in [2.05, 4.69) is 37.9 Å². The van der Waals surface area contributed by atoms with Gasteiger partial charge in [-0.05, 0) is 36.1 Å². The summed E-state index contributed by atoms with van der Waals surface area (Å²) in [7, 11) is -3.71. The fourth-order valence-corrected chi connectivity index (χ4v) is 2.88. The molecule has 0 heterocycles. The van der Waals surface area contributed by atoms with Crippen molar-refractivity contribution in [3.63, 3.8) is 0 Å². The lowest BCUT2D eigenvalue weighted by atomic mass is 10.1. The highest BCUT2D eigenvalue weighted by molar-refractivity contribution is 7.89. The van der Waals surface area contributed by atoms with Crippen molar-refractivity contribution < 1.29 is 13.2 Å². The molecule has 7 heteroatoms. The molecule has 1 aromatic rings. The second-order valence-electron chi connectivity index (χ2n) is 6.60. The first-order valence-corrected chi connectivity index (χ1v) is 9.27. The molecule has 0 bridgehead atoms. The van der Waals surface area contributed by atoms with Crippen molar-refractivity contribution in [1.82, 2.24) is 4.90 Å². The number of rotatable bonds is 8. The lowest BCUT2D eigenvalue weighted by Crippen LogP contribution is -2.38. The normalized spacial score (nSPS) is 12.2. The Hall–Kier alpha value is -1.44. The van der Waals surface area contributed by atoms with E-state index in [0.717, 1.165) is 13.1 Å². The van der Waals surface area contributed by atoms with Crippen LogP contribution >= 0.6 is 0 Å². The van der Waals surface area contributed by atoms with Crippen molar-refractivity contribution >= 4 is 21.6 Å². The number of amides is 1. The van der Waals surface area contributed by atoms with Crippen LogP contribution in [-0.2, 0) is 14.8 Å². The lowest BCUT2D eigenvalue weighted by Gasteiger charge is -2.25. The number of hydrogen-bond acceptors (Lipinski definition) is 4. The van der Waals surface area contributed by atoms with Gasteiger partial charge < -0.3 is 5.32 Å². The van der Waals surface area contributed by atoms with Crippen molar-refractivity contribution in [2.24, 2.45) is 17.0 Å². The number of nitrogens with two attached hydrogens (primary N) is 1. The Kier molecular flexibility index (Phi) is 7.18. The second-order valence-corrected chi connectivity index (χ2v) is 8.16. The van der Waals surface area contributed by atoms with E-state index in [9.17, 15) is 13.2 Å². The minimum absolute atomic E-state index is 0.0248. The molecule has 0 spiro atoms. The van der Waals surface area contributed by atoms with E-state index in [1.54, 1.807) is 0 Å². The fourth-order valence-electron chi connectivity index (χ4n) is 2.37. The molecule has 0 aliphatic rings. The monoisotopic (exact) mass is 341 g/mol. The van der Waals surface area contributed by atoms with Crippen LogP contribution in [0.15, 0.2) is 29.2 Å². The van der Waals surface area contributed by atoms with Gasteiger partial charge >= 0.3 is 0 Å². The molecule has 3 N–H and O–H groups in total. The first-order valence-electron chi connectivity index (χ1n) is 7.73. The molecule has 130 valence electrons. The fraction of sp³-hybridized carbons (Fsp3) is 0.562. The molecule has 0 unspecified atom stereocenters. The SMILES string of the molecule is CC(C)CN(CC(=O)Nc1ccc(S(N)(=O)=O)cc1)CC(C)C. The largest absolute Gasteiger partial charge is 0.325 e. The Labute approximate surface area is 139 Å². The molecule has 0 saturated carbocycles. The summed E-state index contributed by atoms with van der Waals surface area (Å²) in [5.74, 6) is 0.848. The van der Waals surface area contributed by atoms with E-state index < -0.39 is 10.0 Å². The van der Waals surface area contributed by atoms with Gasteiger partial charge in [0.2, 0.25) is 15.9 Å². The first kappa shape index (κ1) is 19.6. The summed E-state index contributed by atoms with van der Waals surface area (Å²) in [6.07, 6.45) is 0. The Morgan fingerprint density at radius 1 is 1.09 bits per heavy atom. The van der Waals surface area contributed by atoms with Gasteiger partial charge in [-0.1, -0.05) is 27.7 Å². The summed E-state index contributed by atoms with van der Waals surface area (Å²) in [6, 6.07) is 5.83. The zero-order valence-electron chi connectivity index (χ0n) is 14.2. The van der Waals surface area contributed by atoms with Crippen LogP contribution in [0.5, 0.6) is 0 Å². The van der Waals surface area contributed by atoms with Crippen LogP contribution in [0.4, 0.5) is 5.69 Å². The Morgan fingerprint density at radius 3 is 1.96 bits per heavy atom. The summed E-state index contributed by atoms with van der Waals surface area (Å²) in [4.78, 5) is 14.3.